The van der Waals surface area contributed by atoms with Gasteiger partial charge in [-0.2, -0.15) is 0 Å². The molecule has 1 N–H and O–H groups in total. The summed E-state index contributed by atoms with van der Waals surface area (Å²) in [7, 11) is 0. The fourth-order valence-corrected chi connectivity index (χ4v) is 2.78. The van der Waals surface area contributed by atoms with E-state index >= 15 is 0 Å². The summed E-state index contributed by atoms with van der Waals surface area (Å²) in [5.74, 6) is 0.138. The molecule has 2 rings (SSSR count). The Balaban J connectivity index is 1.58. The molecule has 0 saturated carbocycles. The van der Waals surface area contributed by atoms with Crippen LogP contribution in [-0.2, 0) is 11.2 Å². The van der Waals surface area contributed by atoms with Crippen molar-refractivity contribution < 1.29 is 4.79 Å². The lowest BCUT2D eigenvalue weighted by atomic mass is 9.97. The van der Waals surface area contributed by atoms with Crippen LogP contribution >= 0.6 is 11.3 Å². The van der Waals surface area contributed by atoms with Gasteiger partial charge in [0.25, 0.3) is 0 Å². The average Bonchev–Trinajstić information content (AvgIpc) is 2.91. The number of aromatic nitrogens is 1. The number of amides is 1. The van der Waals surface area contributed by atoms with Gasteiger partial charge in [0.1, 0.15) is 0 Å². The van der Waals surface area contributed by atoms with Crippen LogP contribution in [0.15, 0.2) is 22.5 Å². The summed E-state index contributed by atoms with van der Waals surface area (Å²) in [5.41, 5.74) is 4.34. The standard InChI is InChI=1S/C14H20N2OS/c17-14(7-6-13-10-18-11-16-13)15-9-8-12-4-2-1-3-5-12/h4,10-11H,1-3,5-9H2,(H,15,17). The number of hydrogen-bond donors (Lipinski definition) is 1. The molecule has 0 spiro atoms. The lowest BCUT2D eigenvalue weighted by Gasteiger charge is -2.12. The number of nitrogens with zero attached hydrogens (tertiary/aromatic N) is 1. The maximum atomic E-state index is 11.6. The van der Waals surface area contributed by atoms with Crippen molar-refractivity contribution in [3.63, 3.8) is 0 Å². The maximum absolute atomic E-state index is 11.6. The third kappa shape index (κ3) is 4.61. The van der Waals surface area contributed by atoms with E-state index in [-0.39, 0.29) is 5.91 Å². The Hall–Kier alpha value is -1.16. The van der Waals surface area contributed by atoms with Crippen molar-refractivity contribution in [2.24, 2.45) is 0 Å². The van der Waals surface area contributed by atoms with Gasteiger partial charge in [-0.05, 0) is 38.5 Å². The Morgan fingerprint density at radius 3 is 3.06 bits per heavy atom. The van der Waals surface area contributed by atoms with Gasteiger partial charge in [0, 0.05) is 18.3 Å². The molecule has 0 saturated heterocycles. The minimum Gasteiger partial charge on any atom is -0.356 e. The number of thiazole rings is 1. The zero-order valence-electron chi connectivity index (χ0n) is 10.7. The van der Waals surface area contributed by atoms with E-state index in [1.165, 1.54) is 31.3 Å². The van der Waals surface area contributed by atoms with E-state index in [0.29, 0.717) is 6.42 Å². The van der Waals surface area contributed by atoms with Crippen LogP contribution in [0.3, 0.4) is 0 Å². The van der Waals surface area contributed by atoms with Gasteiger partial charge in [-0.1, -0.05) is 11.6 Å². The highest BCUT2D eigenvalue weighted by Crippen LogP contribution is 2.19. The monoisotopic (exact) mass is 264 g/mol. The van der Waals surface area contributed by atoms with Gasteiger partial charge in [0.15, 0.2) is 0 Å². The van der Waals surface area contributed by atoms with Crippen molar-refractivity contribution in [3.05, 3.63) is 28.2 Å². The number of aryl methyl sites for hydroxylation is 1. The summed E-state index contributed by atoms with van der Waals surface area (Å²) in [6.45, 7) is 0.779. The maximum Gasteiger partial charge on any atom is 0.220 e. The van der Waals surface area contributed by atoms with Gasteiger partial charge in [0.2, 0.25) is 5.91 Å². The topological polar surface area (TPSA) is 42.0 Å². The zero-order valence-corrected chi connectivity index (χ0v) is 11.5. The molecule has 98 valence electrons. The molecule has 0 aromatic carbocycles. The molecule has 0 unspecified atom stereocenters. The third-order valence-corrected chi connectivity index (χ3v) is 3.88. The van der Waals surface area contributed by atoms with Crippen molar-refractivity contribution in [2.45, 2.75) is 44.9 Å². The molecule has 4 heteroatoms. The molecule has 0 aliphatic heterocycles. The number of carbonyl (C=O) groups excluding carboxylic acids is 1. The van der Waals surface area contributed by atoms with Crippen molar-refractivity contribution in [2.75, 3.05) is 6.54 Å². The SMILES string of the molecule is O=C(CCc1cscn1)NCCC1=CCCCC1. The molecule has 1 heterocycles. The van der Waals surface area contributed by atoms with Crippen LogP contribution in [0.25, 0.3) is 0 Å². The molecule has 1 aliphatic carbocycles. The number of hydrogen-bond acceptors (Lipinski definition) is 3. The molecule has 0 radical (unpaired) electrons. The van der Waals surface area contributed by atoms with Gasteiger partial charge in [-0.15, -0.1) is 11.3 Å². The van der Waals surface area contributed by atoms with Crippen LogP contribution in [0.4, 0.5) is 0 Å². The Bertz CT molecular complexity index is 398. The second-order valence-electron chi connectivity index (χ2n) is 4.69. The lowest BCUT2D eigenvalue weighted by molar-refractivity contribution is -0.121. The minimum absolute atomic E-state index is 0.138. The Kier molecular flexibility index (Phi) is 5.39. The van der Waals surface area contributed by atoms with Gasteiger partial charge in [-0.3, -0.25) is 4.79 Å². The number of rotatable bonds is 6. The Morgan fingerprint density at radius 1 is 1.39 bits per heavy atom. The highest BCUT2D eigenvalue weighted by atomic mass is 32.1. The van der Waals surface area contributed by atoms with Crippen molar-refractivity contribution in [1.29, 1.82) is 0 Å². The first-order valence-corrected chi connectivity index (χ1v) is 7.60. The Morgan fingerprint density at radius 2 is 2.33 bits per heavy atom. The number of carbonyl (C=O) groups is 1. The molecule has 1 aliphatic rings. The normalized spacial score (nSPS) is 15.2. The highest BCUT2D eigenvalue weighted by Gasteiger charge is 2.05. The summed E-state index contributed by atoms with van der Waals surface area (Å²) in [5, 5.41) is 4.99. The first-order valence-electron chi connectivity index (χ1n) is 6.66. The van der Waals surface area contributed by atoms with E-state index in [4.69, 9.17) is 0 Å². The van der Waals surface area contributed by atoms with E-state index in [0.717, 1.165) is 25.1 Å². The van der Waals surface area contributed by atoms with E-state index in [2.05, 4.69) is 16.4 Å². The van der Waals surface area contributed by atoms with Crippen LogP contribution in [0.5, 0.6) is 0 Å². The molecule has 1 aromatic rings. The molecule has 0 atom stereocenters. The van der Waals surface area contributed by atoms with Crippen molar-refractivity contribution in [3.8, 4) is 0 Å². The summed E-state index contributed by atoms with van der Waals surface area (Å²) in [6, 6.07) is 0. The molecule has 18 heavy (non-hydrogen) atoms. The largest absolute Gasteiger partial charge is 0.356 e. The average molecular weight is 264 g/mol. The fraction of sp³-hybridized carbons (Fsp3) is 0.571. The van der Waals surface area contributed by atoms with E-state index < -0.39 is 0 Å². The minimum atomic E-state index is 0.138. The highest BCUT2D eigenvalue weighted by molar-refractivity contribution is 7.07. The molecule has 0 bridgehead atoms. The van der Waals surface area contributed by atoms with Crippen LogP contribution in [0.2, 0.25) is 0 Å². The quantitative estimate of drug-likeness (QED) is 0.802. The molecular weight excluding hydrogens is 244 g/mol. The van der Waals surface area contributed by atoms with E-state index in [9.17, 15) is 4.79 Å². The van der Waals surface area contributed by atoms with Gasteiger partial charge in [-0.25, -0.2) is 4.98 Å². The third-order valence-electron chi connectivity index (χ3n) is 3.24. The lowest BCUT2D eigenvalue weighted by Crippen LogP contribution is -2.25. The summed E-state index contributed by atoms with van der Waals surface area (Å²) >= 11 is 1.58. The zero-order chi connectivity index (χ0) is 12.6. The molecule has 1 aromatic heterocycles. The van der Waals surface area contributed by atoms with Crippen LogP contribution in [-0.4, -0.2) is 17.4 Å². The van der Waals surface area contributed by atoms with Crippen LogP contribution < -0.4 is 5.32 Å². The molecule has 3 nitrogen and oxygen atoms in total. The predicted molar refractivity (Wildman–Crippen MR) is 74.6 cm³/mol. The van der Waals surface area contributed by atoms with Gasteiger partial charge >= 0.3 is 0 Å². The number of nitrogens with one attached hydrogen (secondary N) is 1. The fourth-order valence-electron chi connectivity index (χ4n) is 2.19. The second-order valence-corrected chi connectivity index (χ2v) is 5.41. The Labute approximate surface area is 112 Å². The first-order chi connectivity index (χ1) is 8.84. The second kappa shape index (κ2) is 7.31. The molecule has 1 amide bonds. The summed E-state index contributed by atoms with van der Waals surface area (Å²) < 4.78 is 0. The van der Waals surface area contributed by atoms with Gasteiger partial charge < -0.3 is 5.32 Å². The van der Waals surface area contributed by atoms with Crippen molar-refractivity contribution in [1.82, 2.24) is 10.3 Å². The van der Waals surface area contributed by atoms with Crippen molar-refractivity contribution >= 4 is 17.2 Å². The van der Waals surface area contributed by atoms with E-state index in [1.54, 1.807) is 11.3 Å². The number of allylic oxidation sites excluding steroid dienone is 1. The summed E-state index contributed by atoms with van der Waals surface area (Å²) in [6.07, 6.45) is 9.71. The molecular formula is C14H20N2OS. The molecule has 0 fully saturated rings. The predicted octanol–water partition coefficient (Wildman–Crippen LogP) is 3.08. The van der Waals surface area contributed by atoms with E-state index in [1.807, 2.05) is 10.9 Å². The summed E-state index contributed by atoms with van der Waals surface area (Å²) in [4.78, 5) is 15.8. The van der Waals surface area contributed by atoms with Crippen LogP contribution in [0, 0.1) is 0 Å². The van der Waals surface area contributed by atoms with Crippen LogP contribution in [0.1, 0.15) is 44.2 Å². The van der Waals surface area contributed by atoms with Gasteiger partial charge in [0.05, 0.1) is 11.2 Å². The smallest absolute Gasteiger partial charge is 0.220 e. The first kappa shape index (κ1) is 13.3.